The van der Waals surface area contributed by atoms with E-state index < -0.39 is 5.67 Å². The van der Waals surface area contributed by atoms with Gasteiger partial charge in [-0.3, -0.25) is 0 Å². The molecule has 1 nitrogen and oxygen atoms in total. The summed E-state index contributed by atoms with van der Waals surface area (Å²) in [7, 11) is 0. The molecule has 0 amide bonds. The van der Waals surface area contributed by atoms with Crippen LogP contribution in [-0.2, 0) is 0 Å². The summed E-state index contributed by atoms with van der Waals surface area (Å²) in [5.74, 6) is 0. The Bertz CT molecular complexity index is 55.5. The van der Waals surface area contributed by atoms with Crippen molar-refractivity contribution in [3.63, 3.8) is 0 Å². The first kappa shape index (κ1) is 7.89. The highest BCUT2D eigenvalue weighted by atomic mass is 19.1. The van der Waals surface area contributed by atoms with Gasteiger partial charge in [-0.1, -0.05) is 13.8 Å². The van der Waals surface area contributed by atoms with Crippen molar-refractivity contribution in [2.75, 3.05) is 13.1 Å². The van der Waals surface area contributed by atoms with Gasteiger partial charge in [0.05, 0.1) is 0 Å². The van der Waals surface area contributed by atoms with E-state index in [4.69, 9.17) is 0 Å². The monoisotopic (exact) mass is 119 g/mol. The number of alkyl halides is 1. The largest absolute Gasteiger partial charge is 0.310 e. The van der Waals surface area contributed by atoms with Gasteiger partial charge in [-0.05, 0) is 6.92 Å². The SMILES string of the molecule is CC.CC1(F)CNC1. The minimum Gasteiger partial charge on any atom is -0.310 e. The number of nitrogens with one attached hydrogen (secondary N) is 1. The lowest BCUT2D eigenvalue weighted by atomic mass is 10.0. The molecule has 0 bridgehead atoms. The van der Waals surface area contributed by atoms with Crippen molar-refractivity contribution in [2.45, 2.75) is 26.4 Å². The van der Waals surface area contributed by atoms with Crippen molar-refractivity contribution < 1.29 is 4.39 Å². The lowest BCUT2D eigenvalue weighted by Crippen LogP contribution is -2.53. The third kappa shape index (κ3) is 2.26. The Labute approximate surface area is 50.3 Å². The van der Waals surface area contributed by atoms with E-state index in [0.717, 1.165) is 0 Å². The van der Waals surface area contributed by atoms with Gasteiger partial charge in [0.2, 0.25) is 0 Å². The molecule has 0 aromatic carbocycles. The molecule has 0 atom stereocenters. The molecule has 0 aromatic rings. The van der Waals surface area contributed by atoms with Crippen LogP contribution in [-0.4, -0.2) is 18.8 Å². The van der Waals surface area contributed by atoms with E-state index in [1.807, 2.05) is 13.8 Å². The molecule has 0 spiro atoms. The average Bonchev–Trinajstić information content (AvgIpc) is 1.69. The summed E-state index contributed by atoms with van der Waals surface area (Å²) in [6.45, 7) is 6.67. The third-order valence-electron chi connectivity index (χ3n) is 0.987. The summed E-state index contributed by atoms with van der Waals surface area (Å²) in [4.78, 5) is 0. The Balaban J connectivity index is 0.000000222. The van der Waals surface area contributed by atoms with E-state index in [1.165, 1.54) is 0 Å². The zero-order valence-electron chi connectivity index (χ0n) is 5.79. The quantitative estimate of drug-likeness (QED) is 0.507. The summed E-state index contributed by atoms with van der Waals surface area (Å²) in [6.07, 6.45) is 0. The fraction of sp³-hybridized carbons (Fsp3) is 1.00. The minimum absolute atomic E-state index is 0.535. The minimum atomic E-state index is -0.889. The van der Waals surface area contributed by atoms with Crippen molar-refractivity contribution in [3.05, 3.63) is 0 Å². The summed E-state index contributed by atoms with van der Waals surface area (Å²) >= 11 is 0. The summed E-state index contributed by atoms with van der Waals surface area (Å²) in [6, 6.07) is 0. The zero-order valence-corrected chi connectivity index (χ0v) is 5.79. The topological polar surface area (TPSA) is 12.0 Å². The Morgan fingerprint density at radius 3 is 1.62 bits per heavy atom. The Hall–Kier alpha value is -0.110. The van der Waals surface area contributed by atoms with E-state index >= 15 is 0 Å². The molecule has 0 unspecified atom stereocenters. The van der Waals surface area contributed by atoms with Crippen LogP contribution in [0.15, 0.2) is 0 Å². The predicted molar refractivity (Wildman–Crippen MR) is 33.7 cm³/mol. The zero-order chi connectivity index (χ0) is 6.62. The molecule has 1 aliphatic heterocycles. The van der Waals surface area contributed by atoms with E-state index in [2.05, 4.69) is 5.32 Å². The standard InChI is InChI=1S/C4H8FN.C2H6/c1-4(5)2-6-3-4;1-2/h6H,2-3H2,1H3;1-2H3. The summed E-state index contributed by atoms with van der Waals surface area (Å²) in [5, 5.41) is 2.83. The van der Waals surface area contributed by atoms with Crippen molar-refractivity contribution in [2.24, 2.45) is 0 Å². The first-order chi connectivity index (χ1) is 3.71. The number of rotatable bonds is 0. The van der Waals surface area contributed by atoms with Crippen LogP contribution < -0.4 is 5.32 Å². The molecule has 1 N–H and O–H groups in total. The van der Waals surface area contributed by atoms with Gasteiger partial charge in [-0.25, -0.2) is 4.39 Å². The molecule has 2 heteroatoms. The molecular weight excluding hydrogens is 105 g/mol. The van der Waals surface area contributed by atoms with Gasteiger partial charge in [-0.2, -0.15) is 0 Å². The molecule has 0 radical (unpaired) electrons. The Kier molecular flexibility index (Phi) is 2.98. The van der Waals surface area contributed by atoms with E-state index in [9.17, 15) is 4.39 Å². The summed E-state index contributed by atoms with van der Waals surface area (Å²) < 4.78 is 12.1. The van der Waals surface area contributed by atoms with Gasteiger partial charge >= 0.3 is 0 Å². The second-order valence-corrected chi connectivity index (χ2v) is 2.02. The molecule has 1 heterocycles. The Morgan fingerprint density at radius 1 is 1.38 bits per heavy atom. The maximum Gasteiger partial charge on any atom is 0.132 e. The molecule has 0 aliphatic carbocycles. The molecular formula is C6H14FN. The first-order valence-corrected chi connectivity index (χ1v) is 3.10. The molecule has 50 valence electrons. The van der Waals surface area contributed by atoms with E-state index in [0.29, 0.717) is 13.1 Å². The van der Waals surface area contributed by atoms with Crippen molar-refractivity contribution in [1.82, 2.24) is 5.32 Å². The number of halogens is 1. The van der Waals surface area contributed by atoms with Crippen molar-refractivity contribution >= 4 is 0 Å². The average molecular weight is 119 g/mol. The Morgan fingerprint density at radius 2 is 1.62 bits per heavy atom. The second kappa shape index (κ2) is 3.02. The molecule has 1 rings (SSSR count). The van der Waals surface area contributed by atoms with Gasteiger partial charge in [0.25, 0.3) is 0 Å². The van der Waals surface area contributed by atoms with Crippen LogP contribution in [0.3, 0.4) is 0 Å². The highest BCUT2D eigenvalue weighted by molar-refractivity contribution is 4.87. The van der Waals surface area contributed by atoms with Crippen LogP contribution >= 0.6 is 0 Å². The van der Waals surface area contributed by atoms with Crippen LogP contribution in [0.5, 0.6) is 0 Å². The third-order valence-corrected chi connectivity index (χ3v) is 0.987. The smallest absolute Gasteiger partial charge is 0.132 e. The van der Waals surface area contributed by atoms with Crippen molar-refractivity contribution in [1.29, 1.82) is 0 Å². The first-order valence-electron chi connectivity index (χ1n) is 3.10. The molecule has 1 saturated heterocycles. The highest BCUT2D eigenvalue weighted by Crippen LogP contribution is 2.12. The van der Waals surface area contributed by atoms with Crippen LogP contribution in [0.2, 0.25) is 0 Å². The molecule has 8 heavy (non-hydrogen) atoms. The van der Waals surface area contributed by atoms with Crippen LogP contribution in [0.4, 0.5) is 4.39 Å². The van der Waals surface area contributed by atoms with Crippen LogP contribution in [0, 0.1) is 0 Å². The van der Waals surface area contributed by atoms with E-state index in [1.54, 1.807) is 6.92 Å². The van der Waals surface area contributed by atoms with Gasteiger partial charge in [-0.15, -0.1) is 0 Å². The maximum absolute atomic E-state index is 12.1. The van der Waals surface area contributed by atoms with E-state index in [-0.39, 0.29) is 0 Å². The van der Waals surface area contributed by atoms with Gasteiger partial charge in [0.1, 0.15) is 5.67 Å². The number of hydrogen-bond donors (Lipinski definition) is 1. The molecule has 1 aliphatic rings. The lowest BCUT2D eigenvalue weighted by molar-refractivity contribution is 0.113. The van der Waals surface area contributed by atoms with Gasteiger partial charge in [0.15, 0.2) is 0 Å². The molecule has 0 saturated carbocycles. The fourth-order valence-electron chi connectivity index (χ4n) is 0.469. The van der Waals surface area contributed by atoms with Crippen LogP contribution in [0.25, 0.3) is 0 Å². The number of hydrogen-bond acceptors (Lipinski definition) is 1. The highest BCUT2D eigenvalue weighted by Gasteiger charge is 2.30. The predicted octanol–water partition coefficient (Wildman–Crippen LogP) is 1.34. The lowest BCUT2D eigenvalue weighted by Gasteiger charge is -2.30. The van der Waals surface area contributed by atoms with Crippen LogP contribution in [0.1, 0.15) is 20.8 Å². The van der Waals surface area contributed by atoms with Gasteiger partial charge < -0.3 is 5.32 Å². The fourth-order valence-corrected chi connectivity index (χ4v) is 0.469. The van der Waals surface area contributed by atoms with Crippen molar-refractivity contribution in [3.8, 4) is 0 Å². The normalized spacial score (nSPS) is 22.5. The maximum atomic E-state index is 12.1. The second-order valence-electron chi connectivity index (χ2n) is 2.02. The van der Waals surface area contributed by atoms with Gasteiger partial charge in [0, 0.05) is 13.1 Å². The molecule has 1 fully saturated rings. The molecule has 0 aromatic heterocycles. The summed E-state index contributed by atoms with van der Waals surface area (Å²) in [5.41, 5.74) is -0.889.